The van der Waals surface area contributed by atoms with Crippen LogP contribution in [-0.2, 0) is 6.54 Å². The van der Waals surface area contributed by atoms with Crippen LogP contribution in [0.1, 0.15) is 60.8 Å². The summed E-state index contributed by atoms with van der Waals surface area (Å²) in [6.07, 6.45) is 5.47. The third-order valence-electron chi connectivity index (χ3n) is 6.31. The molecule has 0 atom stereocenters. The van der Waals surface area contributed by atoms with Crippen LogP contribution in [0.15, 0.2) is 42.5 Å². The maximum Gasteiger partial charge on any atom is 0.213 e. The predicted octanol–water partition coefficient (Wildman–Crippen LogP) is 6.40. The molecular formula is C25H30N+. The molecule has 1 aromatic heterocycles. The van der Waals surface area contributed by atoms with Crippen molar-refractivity contribution in [2.75, 3.05) is 0 Å². The van der Waals surface area contributed by atoms with Crippen LogP contribution in [0.2, 0.25) is 0 Å². The van der Waals surface area contributed by atoms with Gasteiger partial charge in [-0.1, -0.05) is 36.6 Å². The zero-order valence-electron chi connectivity index (χ0n) is 16.6. The Morgan fingerprint density at radius 1 is 0.962 bits per heavy atom. The molecule has 134 valence electrons. The van der Waals surface area contributed by atoms with E-state index in [0.29, 0.717) is 0 Å². The van der Waals surface area contributed by atoms with E-state index in [1.54, 1.807) is 5.56 Å². The summed E-state index contributed by atoms with van der Waals surface area (Å²) in [5.74, 6) is 0.748. The van der Waals surface area contributed by atoms with E-state index in [-0.39, 0.29) is 0 Å². The zero-order chi connectivity index (χ0) is 18.3. The van der Waals surface area contributed by atoms with E-state index in [1.807, 2.05) is 0 Å². The minimum atomic E-state index is 0.748. The number of aryl methyl sites for hydroxylation is 3. The van der Waals surface area contributed by atoms with Gasteiger partial charge in [0, 0.05) is 23.1 Å². The zero-order valence-corrected chi connectivity index (χ0v) is 16.6. The quantitative estimate of drug-likeness (QED) is 0.484. The molecular weight excluding hydrogens is 314 g/mol. The van der Waals surface area contributed by atoms with Crippen molar-refractivity contribution in [1.82, 2.24) is 0 Å². The van der Waals surface area contributed by atoms with Gasteiger partial charge < -0.3 is 0 Å². The Labute approximate surface area is 157 Å². The maximum atomic E-state index is 2.51. The van der Waals surface area contributed by atoms with Crippen molar-refractivity contribution in [3.63, 3.8) is 0 Å². The summed E-state index contributed by atoms with van der Waals surface area (Å²) in [6, 6.07) is 16.3. The van der Waals surface area contributed by atoms with Crippen LogP contribution < -0.4 is 4.57 Å². The summed E-state index contributed by atoms with van der Waals surface area (Å²) < 4.78 is 2.51. The molecule has 1 aliphatic carbocycles. The van der Waals surface area contributed by atoms with Crippen LogP contribution in [0.3, 0.4) is 0 Å². The molecule has 1 fully saturated rings. The van der Waals surface area contributed by atoms with Gasteiger partial charge in [0.25, 0.3) is 0 Å². The van der Waals surface area contributed by atoms with Gasteiger partial charge in [-0.25, -0.2) is 0 Å². The lowest BCUT2D eigenvalue weighted by molar-refractivity contribution is -0.656. The number of benzene rings is 2. The van der Waals surface area contributed by atoms with E-state index >= 15 is 0 Å². The van der Waals surface area contributed by atoms with E-state index in [2.05, 4.69) is 74.7 Å². The molecule has 1 saturated carbocycles. The number of pyridine rings is 1. The first-order valence-corrected chi connectivity index (χ1v) is 10.1. The summed E-state index contributed by atoms with van der Waals surface area (Å²) in [6.45, 7) is 9.94. The Kier molecular flexibility index (Phi) is 4.56. The Morgan fingerprint density at radius 2 is 1.73 bits per heavy atom. The molecule has 1 aliphatic rings. The summed E-state index contributed by atoms with van der Waals surface area (Å²) in [5, 5.41) is 1.45. The lowest BCUT2D eigenvalue weighted by atomic mass is 9.92. The minimum absolute atomic E-state index is 0.748. The highest BCUT2D eigenvalue weighted by atomic mass is 15.0. The van der Waals surface area contributed by atoms with E-state index in [0.717, 1.165) is 12.5 Å². The first-order chi connectivity index (χ1) is 12.6. The van der Waals surface area contributed by atoms with Crippen LogP contribution in [0, 0.1) is 20.8 Å². The van der Waals surface area contributed by atoms with Crippen molar-refractivity contribution in [1.29, 1.82) is 0 Å². The van der Waals surface area contributed by atoms with Gasteiger partial charge in [-0.2, -0.15) is 4.57 Å². The van der Waals surface area contributed by atoms with Crippen molar-refractivity contribution in [2.24, 2.45) is 0 Å². The molecule has 0 bridgehead atoms. The van der Waals surface area contributed by atoms with Crippen LogP contribution in [-0.4, -0.2) is 0 Å². The van der Waals surface area contributed by atoms with E-state index in [4.69, 9.17) is 0 Å². The highest BCUT2D eigenvalue weighted by Crippen LogP contribution is 2.37. The second kappa shape index (κ2) is 6.87. The van der Waals surface area contributed by atoms with Crippen molar-refractivity contribution in [2.45, 2.75) is 65.8 Å². The average molecular weight is 345 g/mol. The predicted molar refractivity (Wildman–Crippen MR) is 111 cm³/mol. The van der Waals surface area contributed by atoms with Gasteiger partial charge in [0.2, 0.25) is 11.2 Å². The molecule has 1 nitrogen and oxygen atoms in total. The SMILES string of the molecule is CC[n+]1c(-c2cc(C)cc(C)c2C)ccc2c(C3CCCC3)cccc21. The number of fused-ring (bicyclic) bond motifs is 1. The minimum Gasteiger partial charge on any atom is -0.192 e. The molecule has 4 rings (SSSR count). The Balaban J connectivity index is 1.96. The fourth-order valence-electron chi connectivity index (χ4n) is 4.84. The second-order valence-electron chi connectivity index (χ2n) is 7.98. The number of aromatic nitrogens is 1. The topological polar surface area (TPSA) is 3.88 Å². The molecule has 0 radical (unpaired) electrons. The Bertz CT molecular complexity index is 962. The maximum absolute atomic E-state index is 2.51. The Morgan fingerprint density at radius 3 is 2.46 bits per heavy atom. The highest BCUT2D eigenvalue weighted by molar-refractivity contribution is 5.82. The van der Waals surface area contributed by atoms with Crippen molar-refractivity contribution < 1.29 is 4.57 Å². The fraction of sp³-hybridized carbons (Fsp3) is 0.400. The summed E-state index contributed by atoms with van der Waals surface area (Å²) in [7, 11) is 0. The first-order valence-electron chi connectivity index (χ1n) is 10.1. The second-order valence-corrected chi connectivity index (χ2v) is 7.98. The van der Waals surface area contributed by atoms with E-state index in [1.165, 1.54) is 64.5 Å². The molecule has 0 amide bonds. The molecule has 26 heavy (non-hydrogen) atoms. The van der Waals surface area contributed by atoms with Crippen LogP contribution >= 0.6 is 0 Å². The monoisotopic (exact) mass is 344 g/mol. The van der Waals surface area contributed by atoms with Gasteiger partial charge in [0.1, 0.15) is 6.54 Å². The number of nitrogens with zero attached hydrogens (tertiary/aromatic N) is 1. The van der Waals surface area contributed by atoms with Crippen LogP contribution in [0.5, 0.6) is 0 Å². The van der Waals surface area contributed by atoms with Gasteiger partial charge >= 0.3 is 0 Å². The van der Waals surface area contributed by atoms with Gasteiger partial charge in [-0.15, -0.1) is 0 Å². The molecule has 0 spiro atoms. The molecule has 0 aliphatic heterocycles. The molecule has 3 aromatic rings. The summed E-state index contributed by atoms with van der Waals surface area (Å²) in [4.78, 5) is 0. The standard InChI is InChI=1S/C25H30N/c1-5-26-24-12-8-11-21(20-9-6-7-10-20)22(24)13-14-25(26)23-16-17(2)15-18(3)19(23)4/h8,11-16,20H,5-7,9-10H2,1-4H3/q+1. The Hall–Kier alpha value is -2.15. The lowest BCUT2D eigenvalue weighted by Gasteiger charge is -2.15. The van der Waals surface area contributed by atoms with Crippen molar-refractivity contribution in [3.05, 3.63) is 64.7 Å². The smallest absolute Gasteiger partial charge is 0.192 e. The fourth-order valence-corrected chi connectivity index (χ4v) is 4.84. The molecule has 0 saturated heterocycles. The molecule has 1 heterocycles. The van der Waals surface area contributed by atoms with Crippen LogP contribution in [0.4, 0.5) is 0 Å². The van der Waals surface area contributed by atoms with Gasteiger partial charge in [-0.05, 0) is 75.3 Å². The molecule has 0 unspecified atom stereocenters. The summed E-state index contributed by atoms with van der Waals surface area (Å²) in [5.41, 5.74) is 9.77. The molecule has 1 heteroatoms. The highest BCUT2D eigenvalue weighted by Gasteiger charge is 2.24. The number of hydrogen-bond donors (Lipinski definition) is 0. The number of rotatable bonds is 3. The van der Waals surface area contributed by atoms with Gasteiger partial charge in [-0.3, -0.25) is 0 Å². The third-order valence-corrected chi connectivity index (χ3v) is 6.31. The van der Waals surface area contributed by atoms with E-state index in [9.17, 15) is 0 Å². The normalized spacial score (nSPS) is 15.1. The molecule has 2 aromatic carbocycles. The third kappa shape index (κ3) is 2.84. The van der Waals surface area contributed by atoms with Crippen molar-refractivity contribution >= 4 is 10.9 Å². The summed E-state index contributed by atoms with van der Waals surface area (Å²) >= 11 is 0. The van der Waals surface area contributed by atoms with Gasteiger partial charge in [0.05, 0.1) is 0 Å². The van der Waals surface area contributed by atoms with Crippen LogP contribution in [0.25, 0.3) is 22.2 Å². The number of hydrogen-bond acceptors (Lipinski definition) is 0. The van der Waals surface area contributed by atoms with Gasteiger partial charge in [0.15, 0.2) is 0 Å². The largest absolute Gasteiger partial charge is 0.213 e. The lowest BCUT2D eigenvalue weighted by Crippen LogP contribution is -2.36. The average Bonchev–Trinajstić information content (AvgIpc) is 3.17. The van der Waals surface area contributed by atoms with E-state index < -0.39 is 0 Å². The first kappa shape index (κ1) is 17.3. The molecule has 0 N–H and O–H groups in total. The van der Waals surface area contributed by atoms with Crippen molar-refractivity contribution in [3.8, 4) is 11.3 Å².